The first-order valence-electron chi connectivity index (χ1n) is 9.33. The van der Waals surface area contributed by atoms with Crippen LogP contribution in [0, 0.1) is 6.92 Å². The highest BCUT2D eigenvalue weighted by atomic mass is 16.3. The lowest BCUT2D eigenvalue weighted by Gasteiger charge is -2.17. The molecule has 5 nitrogen and oxygen atoms in total. The van der Waals surface area contributed by atoms with E-state index in [1.165, 1.54) is 23.9 Å². The van der Waals surface area contributed by atoms with Crippen LogP contribution >= 0.6 is 0 Å². The van der Waals surface area contributed by atoms with Crippen molar-refractivity contribution >= 4 is 16.9 Å². The molecule has 0 saturated heterocycles. The molecule has 0 aliphatic heterocycles. The van der Waals surface area contributed by atoms with Crippen LogP contribution in [0.25, 0.3) is 11.0 Å². The van der Waals surface area contributed by atoms with Gasteiger partial charge in [-0.15, -0.1) is 0 Å². The van der Waals surface area contributed by atoms with E-state index in [1.54, 1.807) is 7.05 Å². The quantitative estimate of drug-likeness (QED) is 0.415. The Morgan fingerprint density at radius 1 is 1.12 bits per heavy atom. The summed E-state index contributed by atoms with van der Waals surface area (Å²) in [4.78, 5) is 6.75. The normalized spacial score (nSPS) is 12.1. The number of hydrogen-bond acceptors (Lipinski definition) is 3. The van der Waals surface area contributed by atoms with Crippen molar-refractivity contribution in [3.05, 3.63) is 35.6 Å². The minimum Gasteiger partial charge on any atom is -0.459 e. The largest absolute Gasteiger partial charge is 0.459 e. The lowest BCUT2D eigenvalue weighted by Crippen LogP contribution is -2.37. The van der Waals surface area contributed by atoms with E-state index in [0.29, 0.717) is 6.54 Å². The number of aryl methyl sites for hydroxylation is 1. The third-order valence-electron chi connectivity index (χ3n) is 4.67. The van der Waals surface area contributed by atoms with Gasteiger partial charge in [-0.25, -0.2) is 0 Å². The summed E-state index contributed by atoms with van der Waals surface area (Å²) in [6.07, 6.45) is 2.34. The van der Waals surface area contributed by atoms with E-state index in [2.05, 4.69) is 47.4 Å². The lowest BCUT2D eigenvalue weighted by atomic mass is 10.1. The maximum absolute atomic E-state index is 5.94. The second-order valence-electron chi connectivity index (χ2n) is 6.23. The van der Waals surface area contributed by atoms with Crippen molar-refractivity contribution in [1.82, 2.24) is 15.5 Å². The van der Waals surface area contributed by atoms with Gasteiger partial charge in [-0.05, 0) is 45.5 Å². The van der Waals surface area contributed by atoms with Gasteiger partial charge in [0.25, 0.3) is 0 Å². The van der Waals surface area contributed by atoms with E-state index in [9.17, 15) is 0 Å². The van der Waals surface area contributed by atoms with Gasteiger partial charge in [0.15, 0.2) is 5.96 Å². The van der Waals surface area contributed by atoms with Crippen LogP contribution in [0.2, 0.25) is 0 Å². The van der Waals surface area contributed by atoms with Crippen molar-refractivity contribution in [2.45, 2.75) is 40.2 Å². The summed E-state index contributed by atoms with van der Waals surface area (Å²) in [6.45, 7) is 11.5. The van der Waals surface area contributed by atoms with Crippen LogP contribution in [0.1, 0.15) is 38.0 Å². The summed E-state index contributed by atoms with van der Waals surface area (Å²) >= 11 is 0. The van der Waals surface area contributed by atoms with Gasteiger partial charge in [0, 0.05) is 24.5 Å². The van der Waals surface area contributed by atoms with Gasteiger partial charge in [-0.2, -0.15) is 0 Å². The zero-order chi connectivity index (χ0) is 18.1. The Hall–Kier alpha value is -2.01. The number of guanidine groups is 1. The highest BCUT2D eigenvalue weighted by Gasteiger charge is 2.10. The van der Waals surface area contributed by atoms with E-state index >= 15 is 0 Å². The summed E-state index contributed by atoms with van der Waals surface area (Å²) in [7, 11) is 1.80. The molecule has 0 aliphatic carbocycles. The minimum atomic E-state index is 0.639. The number of aliphatic imine (C=N–C) groups is 1. The van der Waals surface area contributed by atoms with E-state index < -0.39 is 0 Å². The fraction of sp³-hybridized carbons (Fsp3) is 0.550. The summed E-state index contributed by atoms with van der Waals surface area (Å²) < 4.78 is 5.94. The summed E-state index contributed by atoms with van der Waals surface area (Å²) in [6, 6.07) is 8.15. The molecule has 25 heavy (non-hydrogen) atoms. The highest BCUT2D eigenvalue weighted by molar-refractivity contribution is 5.82. The van der Waals surface area contributed by atoms with Crippen LogP contribution in [0.4, 0.5) is 0 Å². The van der Waals surface area contributed by atoms with Gasteiger partial charge >= 0.3 is 0 Å². The van der Waals surface area contributed by atoms with E-state index in [-0.39, 0.29) is 0 Å². The molecule has 0 bridgehead atoms. The number of nitrogens with one attached hydrogen (secondary N) is 2. The SMILES string of the molecule is CCN(CC)CCCCNC(=NC)NCc1oc2ccccc2c1C. The maximum atomic E-state index is 5.94. The fourth-order valence-corrected chi connectivity index (χ4v) is 2.99. The molecule has 138 valence electrons. The van der Waals surface area contributed by atoms with E-state index in [4.69, 9.17) is 4.42 Å². The van der Waals surface area contributed by atoms with Crippen molar-refractivity contribution in [2.24, 2.45) is 4.99 Å². The second kappa shape index (κ2) is 10.1. The second-order valence-corrected chi connectivity index (χ2v) is 6.23. The fourth-order valence-electron chi connectivity index (χ4n) is 2.99. The molecule has 1 heterocycles. The van der Waals surface area contributed by atoms with Gasteiger partial charge in [-0.1, -0.05) is 32.0 Å². The van der Waals surface area contributed by atoms with Gasteiger partial charge in [0.2, 0.25) is 0 Å². The van der Waals surface area contributed by atoms with Gasteiger partial charge in [-0.3, -0.25) is 4.99 Å². The van der Waals surface area contributed by atoms with Crippen molar-refractivity contribution in [1.29, 1.82) is 0 Å². The molecule has 0 atom stereocenters. The predicted octanol–water partition coefficient (Wildman–Crippen LogP) is 3.53. The van der Waals surface area contributed by atoms with Crippen LogP contribution in [0.5, 0.6) is 0 Å². The number of hydrogen-bond donors (Lipinski definition) is 2. The molecule has 0 fully saturated rings. The predicted molar refractivity (Wildman–Crippen MR) is 106 cm³/mol. The number of rotatable bonds is 9. The number of unbranched alkanes of at least 4 members (excludes halogenated alkanes) is 1. The van der Waals surface area contributed by atoms with Gasteiger partial charge < -0.3 is 20.0 Å². The molecule has 1 aromatic carbocycles. The number of para-hydroxylation sites is 1. The Bertz CT molecular complexity index is 673. The first-order valence-corrected chi connectivity index (χ1v) is 9.33. The van der Waals surface area contributed by atoms with Gasteiger partial charge in [0.05, 0.1) is 6.54 Å². The maximum Gasteiger partial charge on any atom is 0.191 e. The van der Waals surface area contributed by atoms with Gasteiger partial charge in [0.1, 0.15) is 11.3 Å². The minimum absolute atomic E-state index is 0.639. The molecule has 0 saturated carbocycles. The van der Waals surface area contributed by atoms with E-state index in [1.807, 2.05) is 18.2 Å². The van der Waals surface area contributed by atoms with E-state index in [0.717, 1.165) is 43.4 Å². The first-order chi connectivity index (χ1) is 12.2. The average Bonchev–Trinajstić information content (AvgIpc) is 2.97. The number of furan rings is 1. The number of fused-ring (bicyclic) bond motifs is 1. The zero-order valence-corrected chi connectivity index (χ0v) is 16.1. The molecule has 2 N–H and O–H groups in total. The van der Waals surface area contributed by atoms with Crippen molar-refractivity contribution in [2.75, 3.05) is 33.2 Å². The smallest absolute Gasteiger partial charge is 0.191 e. The Labute approximate surface area is 151 Å². The first kappa shape index (κ1) is 19.3. The van der Waals surface area contributed by atoms with Crippen LogP contribution in [-0.4, -0.2) is 44.1 Å². The van der Waals surface area contributed by atoms with Crippen LogP contribution in [-0.2, 0) is 6.54 Å². The molecule has 0 radical (unpaired) electrons. The highest BCUT2D eigenvalue weighted by Crippen LogP contribution is 2.24. The number of nitrogens with zero attached hydrogens (tertiary/aromatic N) is 2. The topological polar surface area (TPSA) is 52.8 Å². The summed E-state index contributed by atoms with van der Waals surface area (Å²) in [5, 5.41) is 7.90. The van der Waals surface area contributed by atoms with Crippen LogP contribution < -0.4 is 10.6 Å². The van der Waals surface area contributed by atoms with Crippen molar-refractivity contribution in [3.8, 4) is 0 Å². The average molecular weight is 345 g/mol. The molecule has 0 spiro atoms. The molecule has 1 aromatic heterocycles. The third kappa shape index (κ3) is 5.49. The Morgan fingerprint density at radius 2 is 1.88 bits per heavy atom. The molecule has 5 heteroatoms. The molecular formula is C20H32N4O. The zero-order valence-electron chi connectivity index (χ0n) is 16.1. The van der Waals surface area contributed by atoms with Crippen LogP contribution in [0.15, 0.2) is 33.7 Å². The monoisotopic (exact) mass is 344 g/mol. The molecule has 0 amide bonds. The summed E-state index contributed by atoms with van der Waals surface area (Å²) in [5.74, 6) is 1.79. The Kier molecular flexibility index (Phi) is 7.79. The Balaban J connectivity index is 1.75. The molecule has 0 unspecified atom stereocenters. The molecular weight excluding hydrogens is 312 g/mol. The Morgan fingerprint density at radius 3 is 2.56 bits per heavy atom. The van der Waals surface area contributed by atoms with Crippen molar-refractivity contribution in [3.63, 3.8) is 0 Å². The molecule has 0 aliphatic rings. The lowest BCUT2D eigenvalue weighted by molar-refractivity contribution is 0.297. The molecule has 2 aromatic rings. The molecule has 2 rings (SSSR count). The third-order valence-corrected chi connectivity index (χ3v) is 4.67. The standard InChI is InChI=1S/C20H32N4O/c1-5-24(6-2)14-10-9-13-22-20(21-4)23-15-19-16(3)17-11-7-8-12-18(17)25-19/h7-8,11-12H,5-6,9-10,13-15H2,1-4H3,(H2,21,22,23). The number of benzene rings is 1. The van der Waals surface area contributed by atoms with Crippen molar-refractivity contribution < 1.29 is 4.42 Å². The summed E-state index contributed by atoms with van der Waals surface area (Å²) in [5.41, 5.74) is 2.13. The van der Waals surface area contributed by atoms with Crippen LogP contribution in [0.3, 0.4) is 0 Å².